The molecule has 0 aromatic heterocycles. The van der Waals surface area contributed by atoms with Gasteiger partial charge >= 0.3 is 0 Å². The molecule has 0 radical (unpaired) electrons. The molecule has 0 N–H and O–H groups in total. The summed E-state index contributed by atoms with van der Waals surface area (Å²) < 4.78 is 17.7. The van der Waals surface area contributed by atoms with Crippen LogP contribution in [-0.4, -0.2) is 21.3 Å². The average Bonchev–Trinajstić information content (AvgIpc) is 2.48. The zero-order valence-corrected chi connectivity index (χ0v) is 12.8. The van der Waals surface area contributed by atoms with Crippen LogP contribution in [0.2, 0.25) is 0 Å². The van der Waals surface area contributed by atoms with Crippen LogP contribution in [0.3, 0.4) is 0 Å². The van der Waals surface area contributed by atoms with Crippen molar-refractivity contribution in [1.29, 1.82) is 5.26 Å². The highest BCUT2D eigenvalue weighted by Crippen LogP contribution is 2.37. The lowest BCUT2D eigenvalue weighted by atomic mass is 9.93. The molecular formula is C17H19NO2S. The van der Waals surface area contributed by atoms with Crippen molar-refractivity contribution < 1.29 is 8.95 Å². The number of fused-ring (bicyclic) bond motifs is 2. The first kappa shape index (κ1) is 14.3. The van der Waals surface area contributed by atoms with Crippen molar-refractivity contribution in [3.63, 3.8) is 0 Å². The Morgan fingerprint density at radius 3 is 2.81 bits per heavy atom. The van der Waals surface area contributed by atoms with Crippen molar-refractivity contribution in [2.75, 3.05) is 6.61 Å². The summed E-state index contributed by atoms with van der Waals surface area (Å²) >= 11 is 0. The van der Waals surface area contributed by atoms with Gasteiger partial charge in [-0.2, -0.15) is 5.26 Å². The largest absolute Gasteiger partial charge is 0.493 e. The molecule has 0 aliphatic carbocycles. The molecule has 0 saturated carbocycles. The fourth-order valence-electron chi connectivity index (χ4n) is 3.09. The third-order valence-electron chi connectivity index (χ3n) is 4.18. The Hall–Kier alpha value is -1.60. The standard InChI is InChI=1S/C17H19NO2S/c18-9-2-10-20-15-7-5-13(6-8-15)14-11-16-3-1-4-17(12-14)21(16)19/h5-8,11,16-17H,1-4,10,12H2. The summed E-state index contributed by atoms with van der Waals surface area (Å²) in [5.41, 5.74) is 2.53. The molecule has 2 aliphatic rings. The minimum atomic E-state index is -0.672. The Balaban J connectivity index is 1.72. The van der Waals surface area contributed by atoms with Crippen molar-refractivity contribution in [1.82, 2.24) is 0 Å². The summed E-state index contributed by atoms with van der Waals surface area (Å²) in [6.45, 7) is 0.432. The van der Waals surface area contributed by atoms with Gasteiger partial charge in [-0.1, -0.05) is 24.6 Å². The zero-order valence-electron chi connectivity index (χ0n) is 12.0. The van der Waals surface area contributed by atoms with Crippen LogP contribution in [-0.2, 0) is 10.8 Å². The predicted molar refractivity (Wildman–Crippen MR) is 84.3 cm³/mol. The molecule has 3 atom stereocenters. The van der Waals surface area contributed by atoms with Gasteiger partial charge in [0.1, 0.15) is 12.4 Å². The summed E-state index contributed by atoms with van der Waals surface area (Å²) in [4.78, 5) is 0. The topological polar surface area (TPSA) is 50.1 Å². The number of ether oxygens (including phenoxy) is 1. The van der Waals surface area contributed by atoms with E-state index in [4.69, 9.17) is 10.00 Å². The zero-order chi connectivity index (χ0) is 14.7. The molecule has 110 valence electrons. The molecule has 2 bridgehead atoms. The van der Waals surface area contributed by atoms with E-state index in [9.17, 15) is 4.21 Å². The second kappa shape index (κ2) is 6.44. The Morgan fingerprint density at radius 2 is 2.10 bits per heavy atom. The number of benzene rings is 1. The molecule has 1 saturated heterocycles. The SMILES string of the molecule is N#CCCOc1ccc(C2=CC3CCCC(C2)S3=O)cc1. The highest BCUT2D eigenvalue weighted by Gasteiger charge is 2.33. The van der Waals surface area contributed by atoms with Crippen LogP contribution in [0.1, 0.15) is 37.7 Å². The van der Waals surface area contributed by atoms with Crippen molar-refractivity contribution >= 4 is 16.4 Å². The third kappa shape index (κ3) is 3.19. The van der Waals surface area contributed by atoms with Crippen LogP contribution in [0.5, 0.6) is 5.75 Å². The van der Waals surface area contributed by atoms with E-state index in [-0.39, 0.29) is 5.25 Å². The monoisotopic (exact) mass is 301 g/mol. The van der Waals surface area contributed by atoms with E-state index in [0.29, 0.717) is 18.3 Å². The number of nitrogens with zero attached hydrogens (tertiary/aromatic N) is 1. The average molecular weight is 301 g/mol. The minimum absolute atomic E-state index is 0.249. The fourth-order valence-corrected chi connectivity index (χ4v) is 5.03. The summed E-state index contributed by atoms with van der Waals surface area (Å²) in [6.07, 6.45) is 6.91. The number of hydrogen-bond donors (Lipinski definition) is 0. The number of nitriles is 1. The van der Waals surface area contributed by atoms with E-state index in [1.165, 1.54) is 17.6 Å². The van der Waals surface area contributed by atoms with E-state index in [1.54, 1.807) is 0 Å². The van der Waals surface area contributed by atoms with Gasteiger partial charge in [0.25, 0.3) is 0 Å². The summed E-state index contributed by atoms with van der Waals surface area (Å²) in [5.74, 6) is 0.800. The first-order valence-electron chi connectivity index (χ1n) is 7.48. The van der Waals surface area contributed by atoms with E-state index < -0.39 is 10.8 Å². The van der Waals surface area contributed by atoms with Gasteiger partial charge in [-0.05, 0) is 42.5 Å². The highest BCUT2D eigenvalue weighted by atomic mass is 32.2. The number of hydrogen-bond acceptors (Lipinski definition) is 3. The van der Waals surface area contributed by atoms with Crippen molar-refractivity contribution in [3.05, 3.63) is 35.9 Å². The molecule has 0 spiro atoms. The van der Waals surface area contributed by atoms with Gasteiger partial charge in [-0.25, -0.2) is 0 Å². The van der Waals surface area contributed by atoms with Crippen LogP contribution < -0.4 is 4.74 Å². The molecule has 1 aromatic rings. The van der Waals surface area contributed by atoms with Crippen LogP contribution in [0.15, 0.2) is 30.3 Å². The molecule has 1 aromatic carbocycles. The minimum Gasteiger partial charge on any atom is -0.493 e. The molecule has 3 rings (SSSR count). The lowest BCUT2D eigenvalue weighted by molar-refractivity contribution is 0.326. The van der Waals surface area contributed by atoms with Gasteiger partial charge in [-0.15, -0.1) is 0 Å². The van der Waals surface area contributed by atoms with E-state index >= 15 is 0 Å². The Kier molecular flexibility index (Phi) is 4.40. The summed E-state index contributed by atoms with van der Waals surface area (Å²) in [6, 6.07) is 10.1. The smallest absolute Gasteiger partial charge is 0.119 e. The third-order valence-corrected chi connectivity index (χ3v) is 6.21. The van der Waals surface area contributed by atoms with Crippen LogP contribution >= 0.6 is 0 Å². The van der Waals surface area contributed by atoms with Gasteiger partial charge in [-0.3, -0.25) is 4.21 Å². The van der Waals surface area contributed by atoms with Crippen molar-refractivity contribution in [2.45, 2.75) is 42.6 Å². The summed E-state index contributed by atoms with van der Waals surface area (Å²) in [5, 5.41) is 9.09. The van der Waals surface area contributed by atoms with Gasteiger partial charge in [0, 0.05) is 16.0 Å². The van der Waals surface area contributed by atoms with Crippen molar-refractivity contribution in [2.24, 2.45) is 0 Å². The number of rotatable bonds is 4. The fraction of sp³-hybridized carbons (Fsp3) is 0.471. The molecular weight excluding hydrogens is 282 g/mol. The Bertz CT molecular complexity index is 600. The van der Waals surface area contributed by atoms with Gasteiger partial charge in [0.15, 0.2) is 0 Å². The first-order valence-corrected chi connectivity index (χ1v) is 8.76. The molecule has 21 heavy (non-hydrogen) atoms. The second-order valence-corrected chi connectivity index (χ2v) is 7.53. The molecule has 2 heterocycles. The normalized spacial score (nSPS) is 27.6. The van der Waals surface area contributed by atoms with Gasteiger partial charge in [0.2, 0.25) is 0 Å². The van der Waals surface area contributed by atoms with Crippen LogP contribution in [0, 0.1) is 11.3 Å². The first-order chi connectivity index (χ1) is 10.3. The predicted octanol–water partition coefficient (Wildman–Crippen LogP) is 3.44. The maximum atomic E-state index is 12.2. The quantitative estimate of drug-likeness (QED) is 0.800. The maximum Gasteiger partial charge on any atom is 0.119 e. The van der Waals surface area contributed by atoms with Crippen LogP contribution in [0.25, 0.3) is 5.57 Å². The van der Waals surface area contributed by atoms with Crippen LogP contribution in [0.4, 0.5) is 0 Å². The number of allylic oxidation sites excluding steroid dienone is 1. The Morgan fingerprint density at radius 1 is 1.29 bits per heavy atom. The molecule has 2 aliphatic heterocycles. The Labute approximate surface area is 128 Å². The molecule has 1 fully saturated rings. The van der Waals surface area contributed by atoms with Gasteiger partial charge < -0.3 is 4.74 Å². The lowest BCUT2D eigenvalue weighted by Crippen LogP contribution is -2.33. The van der Waals surface area contributed by atoms with Gasteiger partial charge in [0.05, 0.1) is 17.7 Å². The van der Waals surface area contributed by atoms with E-state index in [0.717, 1.165) is 25.0 Å². The van der Waals surface area contributed by atoms with E-state index in [2.05, 4.69) is 24.3 Å². The highest BCUT2D eigenvalue weighted by molar-refractivity contribution is 7.86. The molecule has 0 amide bonds. The molecule has 3 nitrogen and oxygen atoms in total. The van der Waals surface area contributed by atoms with Crippen molar-refractivity contribution in [3.8, 4) is 11.8 Å². The van der Waals surface area contributed by atoms with E-state index in [1.807, 2.05) is 12.1 Å². The second-order valence-electron chi connectivity index (χ2n) is 5.60. The maximum absolute atomic E-state index is 12.2. The molecule has 3 unspecified atom stereocenters. The lowest BCUT2D eigenvalue weighted by Gasteiger charge is -2.32. The molecule has 4 heteroatoms. The summed E-state index contributed by atoms with van der Waals surface area (Å²) in [7, 11) is -0.672.